The van der Waals surface area contributed by atoms with Crippen molar-refractivity contribution in [3.8, 4) is 0 Å². The smallest absolute Gasteiger partial charge is 0.355 e. The van der Waals surface area contributed by atoms with Crippen LogP contribution in [-0.2, 0) is 24.1 Å². The minimum Gasteiger partial charge on any atom is -0.355 e. The van der Waals surface area contributed by atoms with Crippen LogP contribution >= 0.6 is 0 Å². The maximum Gasteiger partial charge on any atom is 0.678 e. The highest BCUT2D eigenvalue weighted by molar-refractivity contribution is 6.53. The third kappa shape index (κ3) is 4.04. The van der Waals surface area contributed by atoms with E-state index in [4.69, 9.17) is 17.7 Å². The SMILES string of the molecule is C=Cc1cccc(CCO[Si](OC)(OC)OC)c1. The van der Waals surface area contributed by atoms with Gasteiger partial charge in [-0.3, -0.25) is 0 Å². The summed E-state index contributed by atoms with van der Waals surface area (Å²) in [6.07, 6.45) is 2.59. The Balaban J connectivity index is 2.52. The van der Waals surface area contributed by atoms with Crippen molar-refractivity contribution in [3.63, 3.8) is 0 Å². The lowest BCUT2D eigenvalue weighted by molar-refractivity contribution is 0.00672. The van der Waals surface area contributed by atoms with Gasteiger partial charge in [0.15, 0.2) is 0 Å². The predicted octanol–water partition coefficient (Wildman–Crippen LogP) is 2.26. The molecule has 0 spiro atoms. The Morgan fingerprint density at radius 2 is 1.83 bits per heavy atom. The first kappa shape index (κ1) is 15.1. The molecular formula is C13H20O4Si. The second-order valence-electron chi connectivity index (χ2n) is 3.66. The summed E-state index contributed by atoms with van der Waals surface area (Å²) in [5.41, 5.74) is 2.28. The number of benzene rings is 1. The Labute approximate surface area is 110 Å². The highest BCUT2D eigenvalue weighted by atomic mass is 28.4. The minimum atomic E-state index is -2.91. The van der Waals surface area contributed by atoms with Gasteiger partial charge < -0.3 is 17.7 Å². The lowest BCUT2D eigenvalue weighted by Gasteiger charge is -2.22. The molecule has 0 amide bonds. The molecule has 1 rings (SSSR count). The Morgan fingerprint density at radius 1 is 1.17 bits per heavy atom. The van der Waals surface area contributed by atoms with Crippen molar-refractivity contribution in [1.82, 2.24) is 0 Å². The standard InChI is InChI=1S/C13H20O4Si/c1-5-12-7-6-8-13(11-12)9-10-17-18(14-2,15-3)16-4/h5-8,11H,1,9-10H2,2-4H3. The summed E-state index contributed by atoms with van der Waals surface area (Å²) in [5, 5.41) is 0. The Hall–Kier alpha value is -0.983. The fraction of sp³-hybridized carbons (Fsp3) is 0.385. The zero-order valence-corrected chi connectivity index (χ0v) is 12.1. The minimum absolute atomic E-state index is 0.488. The third-order valence-corrected chi connectivity index (χ3v) is 4.66. The third-order valence-electron chi connectivity index (χ3n) is 2.61. The van der Waals surface area contributed by atoms with Gasteiger partial charge >= 0.3 is 9.05 Å². The molecule has 18 heavy (non-hydrogen) atoms. The quantitative estimate of drug-likeness (QED) is 0.678. The molecule has 0 aliphatic carbocycles. The van der Waals surface area contributed by atoms with Crippen LogP contribution in [0.15, 0.2) is 30.8 Å². The van der Waals surface area contributed by atoms with Crippen LogP contribution in [0.5, 0.6) is 0 Å². The van der Waals surface area contributed by atoms with E-state index in [2.05, 4.69) is 12.6 Å². The summed E-state index contributed by atoms with van der Waals surface area (Å²) in [6, 6.07) is 8.13. The molecule has 0 aromatic heterocycles. The Bertz CT molecular complexity index is 369. The molecule has 0 atom stereocenters. The summed E-state index contributed by atoms with van der Waals surface area (Å²) in [7, 11) is 1.66. The molecule has 0 fully saturated rings. The first-order valence-electron chi connectivity index (χ1n) is 5.70. The van der Waals surface area contributed by atoms with Crippen molar-refractivity contribution in [2.24, 2.45) is 0 Å². The highest BCUT2D eigenvalue weighted by Crippen LogP contribution is 2.11. The van der Waals surface area contributed by atoms with Crippen molar-refractivity contribution in [1.29, 1.82) is 0 Å². The molecule has 0 N–H and O–H groups in total. The van der Waals surface area contributed by atoms with E-state index in [0.717, 1.165) is 12.0 Å². The number of hydrogen-bond acceptors (Lipinski definition) is 4. The van der Waals surface area contributed by atoms with Crippen molar-refractivity contribution in [3.05, 3.63) is 42.0 Å². The molecule has 0 aliphatic heterocycles. The maximum absolute atomic E-state index is 5.60. The topological polar surface area (TPSA) is 36.9 Å². The van der Waals surface area contributed by atoms with Crippen LogP contribution in [0, 0.1) is 0 Å². The van der Waals surface area contributed by atoms with E-state index >= 15 is 0 Å². The van der Waals surface area contributed by atoms with Gasteiger partial charge in [-0.1, -0.05) is 36.9 Å². The monoisotopic (exact) mass is 268 g/mol. The average molecular weight is 268 g/mol. The van der Waals surface area contributed by atoms with Gasteiger partial charge in [-0.2, -0.15) is 0 Å². The fourth-order valence-electron chi connectivity index (χ4n) is 1.60. The van der Waals surface area contributed by atoms with E-state index in [1.54, 1.807) is 0 Å². The second-order valence-corrected chi connectivity index (χ2v) is 6.17. The van der Waals surface area contributed by atoms with Crippen LogP contribution in [-0.4, -0.2) is 37.0 Å². The molecule has 100 valence electrons. The van der Waals surface area contributed by atoms with Gasteiger partial charge in [-0.25, -0.2) is 0 Å². The van der Waals surface area contributed by atoms with Crippen LogP contribution in [0.3, 0.4) is 0 Å². The molecule has 4 nitrogen and oxygen atoms in total. The van der Waals surface area contributed by atoms with E-state index in [-0.39, 0.29) is 0 Å². The van der Waals surface area contributed by atoms with Gasteiger partial charge in [0.25, 0.3) is 0 Å². The van der Waals surface area contributed by atoms with E-state index in [1.807, 2.05) is 24.3 Å². The zero-order chi connectivity index (χ0) is 13.4. The van der Waals surface area contributed by atoms with E-state index in [1.165, 1.54) is 26.9 Å². The van der Waals surface area contributed by atoms with E-state index < -0.39 is 9.05 Å². The molecule has 0 saturated carbocycles. The molecule has 0 unspecified atom stereocenters. The number of hydrogen-bond donors (Lipinski definition) is 0. The summed E-state index contributed by atoms with van der Waals surface area (Å²) in [5.74, 6) is 0. The normalized spacial score (nSPS) is 11.5. The molecule has 1 aromatic carbocycles. The molecule has 0 heterocycles. The second kappa shape index (κ2) is 7.45. The van der Waals surface area contributed by atoms with Gasteiger partial charge in [-0.05, 0) is 17.5 Å². The summed E-state index contributed by atoms with van der Waals surface area (Å²) in [6.45, 7) is 4.24. The fourth-order valence-corrected chi connectivity index (χ4v) is 2.80. The van der Waals surface area contributed by atoms with Crippen LogP contribution in [0.1, 0.15) is 11.1 Å². The molecule has 5 heteroatoms. The first-order valence-corrected chi connectivity index (χ1v) is 7.33. The van der Waals surface area contributed by atoms with E-state index in [9.17, 15) is 0 Å². The Kier molecular flexibility index (Phi) is 6.24. The lowest BCUT2D eigenvalue weighted by atomic mass is 10.1. The van der Waals surface area contributed by atoms with Gasteiger partial charge in [0.1, 0.15) is 0 Å². The molecular weight excluding hydrogens is 248 g/mol. The van der Waals surface area contributed by atoms with Crippen molar-refractivity contribution < 1.29 is 17.7 Å². The molecule has 0 saturated heterocycles. The Morgan fingerprint density at radius 3 is 2.39 bits per heavy atom. The van der Waals surface area contributed by atoms with Crippen LogP contribution < -0.4 is 0 Å². The molecule has 1 aromatic rings. The maximum atomic E-state index is 5.60. The van der Waals surface area contributed by atoms with Crippen LogP contribution in [0.25, 0.3) is 6.08 Å². The van der Waals surface area contributed by atoms with Gasteiger partial charge in [0, 0.05) is 27.9 Å². The van der Waals surface area contributed by atoms with Crippen molar-refractivity contribution in [2.75, 3.05) is 27.9 Å². The highest BCUT2D eigenvalue weighted by Gasteiger charge is 2.41. The largest absolute Gasteiger partial charge is 0.678 e. The van der Waals surface area contributed by atoms with Gasteiger partial charge in [0.05, 0.1) is 0 Å². The average Bonchev–Trinajstić information content (AvgIpc) is 2.44. The number of rotatable bonds is 8. The molecule has 0 aliphatic rings. The van der Waals surface area contributed by atoms with Crippen LogP contribution in [0.4, 0.5) is 0 Å². The molecule has 0 bridgehead atoms. The van der Waals surface area contributed by atoms with Gasteiger partial charge in [-0.15, -0.1) is 0 Å². The lowest BCUT2D eigenvalue weighted by Crippen LogP contribution is -2.46. The predicted molar refractivity (Wildman–Crippen MR) is 73.0 cm³/mol. The molecule has 0 radical (unpaired) electrons. The van der Waals surface area contributed by atoms with Crippen LogP contribution in [0.2, 0.25) is 0 Å². The summed E-state index contributed by atoms with van der Waals surface area (Å²) in [4.78, 5) is 0. The van der Waals surface area contributed by atoms with Crippen molar-refractivity contribution in [2.45, 2.75) is 6.42 Å². The zero-order valence-electron chi connectivity index (χ0n) is 11.1. The first-order chi connectivity index (χ1) is 8.69. The summed E-state index contributed by atoms with van der Waals surface area (Å²) < 4.78 is 21.1. The summed E-state index contributed by atoms with van der Waals surface area (Å²) >= 11 is 0. The van der Waals surface area contributed by atoms with Gasteiger partial charge in [0.2, 0.25) is 0 Å². The van der Waals surface area contributed by atoms with Crippen molar-refractivity contribution >= 4 is 15.1 Å². The van der Waals surface area contributed by atoms with E-state index in [0.29, 0.717) is 6.61 Å².